The highest BCUT2D eigenvalue weighted by Crippen LogP contribution is 2.10. The quantitative estimate of drug-likeness (QED) is 0.668. The molecule has 0 bridgehead atoms. The van der Waals surface area contributed by atoms with E-state index in [2.05, 4.69) is 10.1 Å². The van der Waals surface area contributed by atoms with Crippen LogP contribution in [0.4, 0.5) is 0 Å². The van der Waals surface area contributed by atoms with Crippen LogP contribution in [0.1, 0.15) is 16.2 Å². The van der Waals surface area contributed by atoms with E-state index in [0.29, 0.717) is 11.4 Å². The van der Waals surface area contributed by atoms with Crippen LogP contribution >= 0.6 is 0 Å². The molecule has 0 aliphatic carbocycles. The lowest BCUT2D eigenvalue weighted by molar-refractivity contribution is 0.102. The zero-order chi connectivity index (χ0) is 13.2. The minimum absolute atomic E-state index is 0.130. The van der Waals surface area contributed by atoms with E-state index in [1.54, 1.807) is 41.1 Å². The van der Waals surface area contributed by atoms with Gasteiger partial charge in [-0.1, -0.05) is 18.2 Å². The number of carbonyl (C=O) groups is 1. The molecule has 94 valence electrons. The van der Waals surface area contributed by atoms with Crippen molar-refractivity contribution in [2.45, 2.75) is 0 Å². The number of hydrogen-bond acceptors (Lipinski definition) is 3. The standard InChI is InChI=1S/C14H12N4O/c1-17-8-7-15-14(17)13(19)11-9-16-18(10-11)12-5-3-2-4-6-12/h2-10H,1H3. The number of rotatable bonds is 3. The Hall–Kier alpha value is -2.69. The zero-order valence-electron chi connectivity index (χ0n) is 10.4. The molecule has 0 spiro atoms. The third-order valence-corrected chi connectivity index (χ3v) is 2.89. The Morgan fingerprint density at radius 2 is 2.00 bits per heavy atom. The first kappa shape index (κ1) is 11.4. The largest absolute Gasteiger partial charge is 0.331 e. The summed E-state index contributed by atoms with van der Waals surface area (Å²) in [6.45, 7) is 0. The number of nitrogens with zero attached hydrogens (tertiary/aromatic N) is 4. The molecule has 0 radical (unpaired) electrons. The van der Waals surface area contributed by atoms with Gasteiger partial charge in [-0.3, -0.25) is 4.79 Å². The number of para-hydroxylation sites is 1. The molecule has 0 saturated heterocycles. The van der Waals surface area contributed by atoms with Crippen LogP contribution in [-0.4, -0.2) is 25.1 Å². The van der Waals surface area contributed by atoms with Gasteiger partial charge < -0.3 is 4.57 Å². The van der Waals surface area contributed by atoms with Gasteiger partial charge in [-0.2, -0.15) is 5.10 Å². The number of hydrogen-bond donors (Lipinski definition) is 0. The highest BCUT2D eigenvalue weighted by Gasteiger charge is 2.15. The molecule has 3 rings (SSSR count). The maximum absolute atomic E-state index is 12.2. The highest BCUT2D eigenvalue weighted by atomic mass is 16.1. The van der Waals surface area contributed by atoms with Gasteiger partial charge in [0.05, 0.1) is 17.4 Å². The number of ketones is 1. The van der Waals surface area contributed by atoms with E-state index < -0.39 is 0 Å². The average Bonchev–Trinajstić information content (AvgIpc) is 3.08. The molecule has 0 unspecified atom stereocenters. The molecule has 0 atom stereocenters. The molecule has 0 fully saturated rings. The Morgan fingerprint density at radius 3 is 2.68 bits per heavy atom. The smallest absolute Gasteiger partial charge is 0.231 e. The molecule has 2 aromatic heterocycles. The normalized spacial score (nSPS) is 10.6. The average molecular weight is 252 g/mol. The number of aryl methyl sites for hydroxylation is 1. The summed E-state index contributed by atoms with van der Waals surface area (Å²) < 4.78 is 3.37. The van der Waals surface area contributed by atoms with E-state index in [0.717, 1.165) is 5.69 Å². The molecule has 0 amide bonds. The van der Waals surface area contributed by atoms with Crippen molar-refractivity contribution in [1.29, 1.82) is 0 Å². The summed E-state index contributed by atoms with van der Waals surface area (Å²) in [4.78, 5) is 16.3. The van der Waals surface area contributed by atoms with Gasteiger partial charge in [-0.25, -0.2) is 9.67 Å². The minimum atomic E-state index is -0.130. The monoisotopic (exact) mass is 252 g/mol. The van der Waals surface area contributed by atoms with E-state index in [1.165, 1.54) is 0 Å². The predicted molar refractivity (Wildman–Crippen MR) is 70.2 cm³/mol. The van der Waals surface area contributed by atoms with Crippen molar-refractivity contribution in [2.75, 3.05) is 0 Å². The first-order chi connectivity index (χ1) is 9.25. The molecule has 3 aromatic rings. The summed E-state index contributed by atoms with van der Waals surface area (Å²) in [6, 6.07) is 9.66. The van der Waals surface area contributed by atoms with E-state index >= 15 is 0 Å². The van der Waals surface area contributed by atoms with Gasteiger partial charge in [0.1, 0.15) is 0 Å². The molecule has 0 N–H and O–H groups in total. The van der Waals surface area contributed by atoms with Crippen LogP contribution in [0.3, 0.4) is 0 Å². The van der Waals surface area contributed by atoms with Crippen molar-refractivity contribution in [3.8, 4) is 5.69 Å². The molecular formula is C14H12N4O. The lowest BCUT2D eigenvalue weighted by atomic mass is 10.2. The second-order valence-electron chi connectivity index (χ2n) is 4.20. The number of imidazole rings is 1. The van der Waals surface area contributed by atoms with Crippen LogP contribution in [0.15, 0.2) is 55.1 Å². The molecule has 0 saturated carbocycles. The molecule has 2 heterocycles. The van der Waals surface area contributed by atoms with Gasteiger partial charge in [-0.05, 0) is 12.1 Å². The third-order valence-electron chi connectivity index (χ3n) is 2.89. The van der Waals surface area contributed by atoms with Crippen molar-refractivity contribution in [3.63, 3.8) is 0 Å². The van der Waals surface area contributed by atoms with Crippen molar-refractivity contribution in [2.24, 2.45) is 7.05 Å². The Morgan fingerprint density at radius 1 is 1.21 bits per heavy atom. The minimum Gasteiger partial charge on any atom is -0.331 e. The van der Waals surface area contributed by atoms with Crippen LogP contribution in [0, 0.1) is 0 Å². The Bertz CT molecular complexity index is 712. The predicted octanol–water partition coefficient (Wildman–Crippen LogP) is 1.84. The van der Waals surface area contributed by atoms with E-state index in [9.17, 15) is 4.79 Å². The first-order valence-corrected chi connectivity index (χ1v) is 5.88. The van der Waals surface area contributed by atoms with Gasteiger partial charge in [0, 0.05) is 25.6 Å². The number of benzene rings is 1. The van der Waals surface area contributed by atoms with Gasteiger partial charge in [-0.15, -0.1) is 0 Å². The Balaban J connectivity index is 1.94. The summed E-state index contributed by atoms with van der Waals surface area (Å²) in [5.74, 6) is 0.280. The fraction of sp³-hybridized carbons (Fsp3) is 0.0714. The molecule has 5 heteroatoms. The first-order valence-electron chi connectivity index (χ1n) is 5.88. The van der Waals surface area contributed by atoms with Crippen molar-refractivity contribution in [3.05, 3.63) is 66.5 Å². The molecule has 19 heavy (non-hydrogen) atoms. The Labute approximate surface area is 110 Å². The molecule has 0 aliphatic rings. The summed E-state index contributed by atoms with van der Waals surface area (Å²) >= 11 is 0. The van der Waals surface area contributed by atoms with Gasteiger partial charge in [0.25, 0.3) is 0 Å². The van der Waals surface area contributed by atoms with E-state index in [1.807, 2.05) is 30.3 Å². The summed E-state index contributed by atoms with van der Waals surface area (Å²) in [6.07, 6.45) is 6.63. The molecule has 5 nitrogen and oxygen atoms in total. The van der Waals surface area contributed by atoms with Crippen LogP contribution in [0.2, 0.25) is 0 Å². The summed E-state index contributed by atoms with van der Waals surface area (Å²) in [5.41, 5.74) is 1.44. The third kappa shape index (κ3) is 2.06. The molecular weight excluding hydrogens is 240 g/mol. The summed E-state index contributed by atoms with van der Waals surface area (Å²) in [5, 5.41) is 4.21. The van der Waals surface area contributed by atoms with E-state index in [4.69, 9.17) is 0 Å². The topological polar surface area (TPSA) is 52.7 Å². The lowest BCUT2D eigenvalue weighted by Crippen LogP contribution is -2.07. The van der Waals surface area contributed by atoms with Crippen LogP contribution < -0.4 is 0 Å². The van der Waals surface area contributed by atoms with Gasteiger partial charge in [0.15, 0.2) is 5.82 Å². The number of aromatic nitrogens is 4. The van der Waals surface area contributed by atoms with Crippen molar-refractivity contribution in [1.82, 2.24) is 19.3 Å². The second-order valence-corrected chi connectivity index (χ2v) is 4.20. The van der Waals surface area contributed by atoms with E-state index in [-0.39, 0.29) is 5.78 Å². The van der Waals surface area contributed by atoms with Crippen molar-refractivity contribution >= 4 is 5.78 Å². The van der Waals surface area contributed by atoms with Crippen LogP contribution in [0.5, 0.6) is 0 Å². The molecule has 0 aliphatic heterocycles. The maximum Gasteiger partial charge on any atom is 0.231 e. The van der Waals surface area contributed by atoms with Crippen LogP contribution in [-0.2, 0) is 7.05 Å². The Kier molecular flexibility index (Phi) is 2.72. The second kappa shape index (κ2) is 4.53. The highest BCUT2D eigenvalue weighted by molar-refractivity contribution is 6.06. The SMILES string of the molecule is Cn1ccnc1C(=O)c1cnn(-c2ccccc2)c1. The van der Waals surface area contributed by atoms with Crippen molar-refractivity contribution < 1.29 is 4.79 Å². The lowest BCUT2D eigenvalue weighted by Gasteiger charge is -1.99. The zero-order valence-corrected chi connectivity index (χ0v) is 10.4. The van der Waals surface area contributed by atoms with Gasteiger partial charge in [0.2, 0.25) is 5.78 Å². The molecule has 1 aromatic carbocycles. The fourth-order valence-electron chi connectivity index (χ4n) is 1.88. The van der Waals surface area contributed by atoms with Gasteiger partial charge >= 0.3 is 0 Å². The number of carbonyl (C=O) groups excluding carboxylic acids is 1. The fourth-order valence-corrected chi connectivity index (χ4v) is 1.88. The maximum atomic E-state index is 12.2. The summed E-state index contributed by atoms with van der Waals surface area (Å²) in [7, 11) is 1.79. The van der Waals surface area contributed by atoms with Crippen LogP contribution in [0.25, 0.3) is 5.69 Å².